The molecule has 3 unspecified atom stereocenters. The molecule has 270 valence electrons. The Kier molecular flexibility index (Phi) is 11.4. The van der Waals surface area contributed by atoms with Crippen LogP contribution in [0.3, 0.4) is 0 Å². The van der Waals surface area contributed by atoms with Gasteiger partial charge >= 0.3 is 5.97 Å². The first kappa shape index (κ1) is 36.1. The molecule has 2 heterocycles. The van der Waals surface area contributed by atoms with Crippen LogP contribution in [-0.4, -0.2) is 88.3 Å². The summed E-state index contributed by atoms with van der Waals surface area (Å²) in [6.45, 7) is 1.10. The predicted molar refractivity (Wildman–Crippen MR) is 183 cm³/mol. The molecule has 0 aromatic heterocycles. The van der Waals surface area contributed by atoms with Crippen molar-refractivity contribution in [2.45, 2.75) is 75.6 Å². The highest BCUT2D eigenvalue weighted by Crippen LogP contribution is 2.37. The number of hydrogen-bond acceptors (Lipinski definition) is 6. The molecule has 3 aliphatic rings. The van der Waals surface area contributed by atoms with Crippen LogP contribution in [0.5, 0.6) is 5.75 Å². The number of nitrogens with zero attached hydrogens (tertiary/aromatic N) is 2. The van der Waals surface area contributed by atoms with E-state index in [0.29, 0.717) is 50.4 Å². The number of aliphatic hydroxyl groups is 1. The zero-order valence-corrected chi connectivity index (χ0v) is 28.2. The van der Waals surface area contributed by atoms with Crippen molar-refractivity contribution in [3.8, 4) is 5.75 Å². The summed E-state index contributed by atoms with van der Waals surface area (Å²) in [6.07, 6.45) is 1.87. The minimum Gasteiger partial charge on any atom is -0.488 e. The largest absolute Gasteiger partial charge is 0.488 e. The maximum Gasteiger partial charge on any atom is 0.305 e. The van der Waals surface area contributed by atoms with Gasteiger partial charge in [-0.1, -0.05) is 54.6 Å². The Morgan fingerprint density at radius 3 is 2.31 bits per heavy atom. The standard InChI is InChI=1S/C39H42F3N3O6/c40-31-14-15-32(41)38(37(31)42)51-18-4-7-25-8-10-26(11-9-25)30-19-27-22-44(34(47)20-29(46)21-35(48)49)23-33(43-27)36(30)39(50)45(28-12-13-28)17-16-24-5-2-1-3-6-24/h1-3,5-6,8-11,14-15,27-29,33,43,46H,4,7,12-13,16-23H2,(H,48,49). The number of rotatable bonds is 15. The molecule has 2 aliphatic heterocycles. The van der Waals surface area contributed by atoms with E-state index in [9.17, 15) is 32.7 Å². The number of aliphatic hydroxyl groups excluding tert-OH is 1. The molecule has 3 aromatic rings. The Bertz CT molecular complexity index is 1770. The number of amides is 2. The first-order valence-electron chi connectivity index (χ1n) is 17.4. The van der Waals surface area contributed by atoms with E-state index < -0.39 is 47.7 Å². The van der Waals surface area contributed by atoms with Crippen LogP contribution in [0.2, 0.25) is 0 Å². The third-order valence-electron chi connectivity index (χ3n) is 9.70. The van der Waals surface area contributed by atoms with Gasteiger partial charge in [0.15, 0.2) is 17.4 Å². The van der Waals surface area contributed by atoms with Crippen LogP contribution in [-0.2, 0) is 27.2 Å². The van der Waals surface area contributed by atoms with E-state index in [1.165, 1.54) is 0 Å². The Balaban J connectivity index is 1.21. The number of carbonyl (C=O) groups excluding carboxylic acids is 2. The van der Waals surface area contributed by atoms with Crippen molar-refractivity contribution in [3.05, 3.63) is 106 Å². The van der Waals surface area contributed by atoms with Crippen LogP contribution in [0.1, 0.15) is 55.2 Å². The van der Waals surface area contributed by atoms with Crippen molar-refractivity contribution >= 4 is 23.4 Å². The molecule has 2 amide bonds. The van der Waals surface area contributed by atoms with Crippen molar-refractivity contribution in [2.24, 2.45) is 0 Å². The van der Waals surface area contributed by atoms with E-state index >= 15 is 0 Å². The maximum atomic E-state index is 14.6. The number of halogens is 3. The van der Waals surface area contributed by atoms with Crippen molar-refractivity contribution in [2.75, 3.05) is 26.2 Å². The number of fused-ring (bicyclic) bond motifs is 2. The van der Waals surface area contributed by atoms with E-state index in [-0.39, 0.29) is 43.5 Å². The topological polar surface area (TPSA) is 119 Å². The monoisotopic (exact) mass is 705 g/mol. The molecule has 2 fully saturated rings. The average molecular weight is 706 g/mol. The van der Waals surface area contributed by atoms with E-state index in [4.69, 9.17) is 9.84 Å². The minimum atomic E-state index is -1.35. The highest BCUT2D eigenvalue weighted by atomic mass is 19.2. The fraction of sp³-hybridized carbons (Fsp3) is 0.410. The van der Waals surface area contributed by atoms with Crippen LogP contribution >= 0.6 is 0 Å². The second-order valence-corrected chi connectivity index (χ2v) is 13.6. The lowest BCUT2D eigenvalue weighted by Crippen LogP contribution is -2.62. The zero-order chi connectivity index (χ0) is 36.1. The molecule has 3 aromatic carbocycles. The van der Waals surface area contributed by atoms with Gasteiger partial charge in [0.25, 0.3) is 5.91 Å². The van der Waals surface area contributed by atoms with Gasteiger partial charge in [-0.2, -0.15) is 4.39 Å². The normalized spacial score (nSPS) is 19.1. The highest BCUT2D eigenvalue weighted by molar-refractivity contribution is 6.03. The molecule has 51 heavy (non-hydrogen) atoms. The van der Waals surface area contributed by atoms with Crippen LogP contribution in [0.15, 0.2) is 72.3 Å². The number of carbonyl (C=O) groups is 3. The summed E-state index contributed by atoms with van der Waals surface area (Å²) >= 11 is 0. The fourth-order valence-corrected chi connectivity index (χ4v) is 7.02. The number of benzene rings is 3. The van der Waals surface area contributed by atoms with Crippen molar-refractivity contribution < 1.29 is 42.5 Å². The summed E-state index contributed by atoms with van der Waals surface area (Å²) in [5.41, 5.74) is 4.48. The Morgan fingerprint density at radius 1 is 0.902 bits per heavy atom. The van der Waals surface area contributed by atoms with E-state index in [1.807, 2.05) is 59.5 Å². The Hall–Kier alpha value is -4.68. The lowest BCUT2D eigenvalue weighted by molar-refractivity contribution is -0.141. The molecule has 1 saturated carbocycles. The summed E-state index contributed by atoms with van der Waals surface area (Å²) in [6, 6.07) is 18.9. The quantitative estimate of drug-likeness (QED) is 0.152. The van der Waals surface area contributed by atoms with E-state index in [0.717, 1.165) is 41.2 Å². The first-order chi connectivity index (χ1) is 24.6. The zero-order valence-electron chi connectivity index (χ0n) is 28.2. The summed E-state index contributed by atoms with van der Waals surface area (Å²) in [7, 11) is 0. The number of hydrogen-bond donors (Lipinski definition) is 3. The maximum absolute atomic E-state index is 14.6. The summed E-state index contributed by atoms with van der Waals surface area (Å²) < 4.78 is 46.6. The number of aliphatic carboxylic acids is 1. The highest BCUT2D eigenvalue weighted by Gasteiger charge is 2.43. The third kappa shape index (κ3) is 8.98. The third-order valence-corrected chi connectivity index (χ3v) is 9.70. The molecular weight excluding hydrogens is 663 g/mol. The molecule has 1 aliphatic carbocycles. The molecular formula is C39H42F3N3O6. The second kappa shape index (κ2) is 16.1. The smallest absolute Gasteiger partial charge is 0.305 e. The number of ether oxygens (including phenoxy) is 1. The molecule has 6 rings (SSSR count). The van der Waals surface area contributed by atoms with Gasteiger partial charge in [-0.3, -0.25) is 14.4 Å². The second-order valence-electron chi connectivity index (χ2n) is 13.6. The number of nitrogens with one attached hydrogen (secondary N) is 1. The lowest BCUT2D eigenvalue weighted by atomic mass is 9.82. The summed E-state index contributed by atoms with van der Waals surface area (Å²) in [5.74, 6) is -5.83. The van der Waals surface area contributed by atoms with Crippen LogP contribution in [0, 0.1) is 17.5 Å². The van der Waals surface area contributed by atoms with E-state index in [2.05, 4.69) is 5.32 Å². The van der Waals surface area contributed by atoms with Crippen LogP contribution in [0.4, 0.5) is 13.2 Å². The summed E-state index contributed by atoms with van der Waals surface area (Å²) in [5, 5.41) is 22.8. The Labute approximate surface area is 294 Å². The molecule has 3 N–H and O–H groups in total. The average Bonchev–Trinajstić information content (AvgIpc) is 3.95. The molecule has 12 heteroatoms. The summed E-state index contributed by atoms with van der Waals surface area (Å²) in [4.78, 5) is 42.5. The lowest BCUT2D eigenvalue weighted by Gasteiger charge is -2.45. The molecule has 2 bridgehead atoms. The molecule has 1 saturated heterocycles. The van der Waals surface area contributed by atoms with Gasteiger partial charge in [-0.25, -0.2) is 8.78 Å². The van der Waals surface area contributed by atoms with Gasteiger partial charge in [0.2, 0.25) is 11.7 Å². The first-order valence-corrected chi connectivity index (χ1v) is 17.4. The van der Waals surface area contributed by atoms with Crippen molar-refractivity contribution in [1.29, 1.82) is 0 Å². The minimum absolute atomic E-state index is 0.0135. The van der Waals surface area contributed by atoms with Crippen LogP contribution in [0.25, 0.3) is 5.57 Å². The molecule has 0 radical (unpaired) electrons. The van der Waals surface area contributed by atoms with E-state index in [1.54, 1.807) is 4.90 Å². The van der Waals surface area contributed by atoms with Gasteiger partial charge in [-0.05, 0) is 72.9 Å². The number of carboxylic acid groups (broad SMARTS) is 1. The number of piperazine rings is 1. The molecule has 3 atom stereocenters. The van der Waals surface area contributed by atoms with Crippen LogP contribution < -0.4 is 10.1 Å². The van der Waals surface area contributed by atoms with Gasteiger partial charge < -0.3 is 30.1 Å². The number of carboxylic acids is 1. The van der Waals surface area contributed by atoms with Gasteiger partial charge in [0.1, 0.15) is 0 Å². The van der Waals surface area contributed by atoms with Crippen molar-refractivity contribution in [3.63, 3.8) is 0 Å². The number of aryl methyl sites for hydroxylation is 1. The fourth-order valence-electron chi connectivity index (χ4n) is 7.02. The van der Waals surface area contributed by atoms with Gasteiger partial charge in [0, 0.05) is 37.3 Å². The Morgan fingerprint density at radius 2 is 1.61 bits per heavy atom. The molecule has 9 nitrogen and oxygen atoms in total. The van der Waals surface area contributed by atoms with Gasteiger partial charge in [-0.15, -0.1) is 0 Å². The predicted octanol–water partition coefficient (Wildman–Crippen LogP) is 4.90. The SMILES string of the molecule is O=C(O)CC(O)CC(=O)N1CC2CC(c3ccc(CCCOc4c(F)ccc(F)c4F)cc3)=C(C(=O)N(CCc3ccccc3)C3CC3)C(C1)N2. The van der Waals surface area contributed by atoms with Gasteiger partial charge in [0.05, 0.1) is 31.6 Å². The van der Waals surface area contributed by atoms with Crippen molar-refractivity contribution in [1.82, 2.24) is 15.1 Å². The molecule has 0 spiro atoms.